The first-order valence-corrected chi connectivity index (χ1v) is 9.29. The summed E-state index contributed by atoms with van der Waals surface area (Å²) in [5.74, 6) is 0.291. The Hall–Kier alpha value is -2.28. The number of nitrogens with zero attached hydrogens (tertiary/aromatic N) is 1. The van der Waals surface area contributed by atoms with Crippen molar-refractivity contribution in [2.45, 2.75) is 30.8 Å². The fourth-order valence-electron chi connectivity index (χ4n) is 2.64. The number of imide groups is 1. The molecule has 0 saturated carbocycles. The third kappa shape index (κ3) is 4.46. The molecular formula is C19H19BN2O3S. The maximum Gasteiger partial charge on any atom is 0.285 e. The maximum atomic E-state index is 11.8. The van der Waals surface area contributed by atoms with Gasteiger partial charge in [0.15, 0.2) is 0 Å². The van der Waals surface area contributed by atoms with Crippen LogP contribution in [0.3, 0.4) is 0 Å². The van der Waals surface area contributed by atoms with Gasteiger partial charge in [0.05, 0.1) is 11.3 Å². The Labute approximate surface area is 158 Å². The van der Waals surface area contributed by atoms with Crippen LogP contribution in [0.25, 0.3) is 0 Å². The fourth-order valence-corrected chi connectivity index (χ4v) is 3.50. The van der Waals surface area contributed by atoms with E-state index in [0.29, 0.717) is 6.61 Å². The number of carbonyl (C=O) groups is 2. The molecule has 132 valence electrons. The molecule has 26 heavy (non-hydrogen) atoms. The van der Waals surface area contributed by atoms with Crippen molar-refractivity contribution in [1.29, 1.82) is 0 Å². The summed E-state index contributed by atoms with van der Waals surface area (Å²) in [6.07, 6.45) is 3.89. The number of ether oxygens (including phenoxy) is 1. The molecule has 2 amide bonds. The number of rotatable bonds is 7. The third-order valence-electron chi connectivity index (χ3n) is 4.19. The monoisotopic (exact) mass is 366 g/mol. The minimum atomic E-state index is -1.24. The predicted octanol–water partition coefficient (Wildman–Crippen LogP) is 2.66. The van der Waals surface area contributed by atoms with E-state index in [-0.39, 0.29) is 6.42 Å². The van der Waals surface area contributed by atoms with E-state index in [1.807, 2.05) is 36.5 Å². The van der Waals surface area contributed by atoms with Gasteiger partial charge in [-0.15, -0.1) is 0 Å². The van der Waals surface area contributed by atoms with Crippen LogP contribution in [0.5, 0.6) is 5.75 Å². The molecule has 1 saturated heterocycles. The van der Waals surface area contributed by atoms with E-state index >= 15 is 0 Å². The second-order valence-electron chi connectivity index (χ2n) is 6.16. The number of aryl methyl sites for hydroxylation is 1. The van der Waals surface area contributed by atoms with Crippen LogP contribution in [-0.2, 0) is 24.1 Å². The average molecular weight is 366 g/mol. The second-order valence-corrected chi connectivity index (χ2v) is 7.47. The third-order valence-corrected chi connectivity index (χ3v) is 5.17. The SMILES string of the molecule is [B][C@@]1(Cc2ccc(OCCc3ccc(CC)cn3)cc2)SC(=O)NC1=O. The van der Waals surface area contributed by atoms with Crippen LogP contribution in [0.1, 0.15) is 23.7 Å². The zero-order chi connectivity index (χ0) is 18.6. The molecule has 1 atom stereocenters. The summed E-state index contributed by atoms with van der Waals surface area (Å²) in [4.78, 5) is 27.5. The summed E-state index contributed by atoms with van der Waals surface area (Å²) in [5, 5.41) is 1.81. The first-order valence-electron chi connectivity index (χ1n) is 8.47. The van der Waals surface area contributed by atoms with Crippen molar-refractivity contribution in [2.24, 2.45) is 0 Å². The number of benzene rings is 1. The van der Waals surface area contributed by atoms with Gasteiger partial charge in [0, 0.05) is 18.3 Å². The lowest BCUT2D eigenvalue weighted by Gasteiger charge is -2.18. The van der Waals surface area contributed by atoms with Gasteiger partial charge in [0.2, 0.25) is 5.91 Å². The molecule has 2 heterocycles. The highest BCUT2D eigenvalue weighted by Gasteiger charge is 2.42. The van der Waals surface area contributed by atoms with Crippen LogP contribution >= 0.6 is 11.8 Å². The molecule has 2 radical (unpaired) electrons. The Morgan fingerprint density at radius 1 is 1.15 bits per heavy atom. The summed E-state index contributed by atoms with van der Waals surface area (Å²) in [7, 11) is 6.02. The summed E-state index contributed by atoms with van der Waals surface area (Å²) < 4.78 is 4.50. The number of nitrogens with one attached hydrogen (secondary N) is 1. The summed E-state index contributed by atoms with van der Waals surface area (Å²) >= 11 is 0.829. The lowest BCUT2D eigenvalue weighted by molar-refractivity contribution is -0.119. The van der Waals surface area contributed by atoms with Gasteiger partial charge in [-0.1, -0.05) is 36.9 Å². The van der Waals surface area contributed by atoms with Gasteiger partial charge in [-0.25, -0.2) is 0 Å². The summed E-state index contributed by atoms with van der Waals surface area (Å²) in [6.45, 7) is 2.64. The first-order chi connectivity index (χ1) is 12.5. The van der Waals surface area contributed by atoms with Crippen LogP contribution in [0.4, 0.5) is 4.79 Å². The highest BCUT2D eigenvalue weighted by atomic mass is 32.2. The van der Waals surface area contributed by atoms with Crippen molar-refractivity contribution >= 4 is 30.8 Å². The highest BCUT2D eigenvalue weighted by molar-refractivity contribution is 8.17. The number of hydrogen-bond acceptors (Lipinski definition) is 5. The highest BCUT2D eigenvalue weighted by Crippen LogP contribution is 2.32. The van der Waals surface area contributed by atoms with Crippen molar-refractivity contribution in [2.75, 3.05) is 6.61 Å². The average Bonchev–Trinajstić information content (AvgIpc) is 2.88. The van der Waals surface area contributed by atoms with Crippen molar-refractivity contribution in [1.82, 2.24) is 10.3 Å². The van der Waals surface area contributed by atoms with Crippen molar-refractivity contribution in [3.63, 3.8) is 0 Å². The van der Waals surface area contributed by atoms with E-state index in [9.17, 15) is 9.59 Å². The smallest absolute Gasteiger partial charge is 0.285 e. The molecule has 0 bridgehead atoms. The van der Waals surface area contributed by atoms with Crippen LogP contribution < -0.4 is 10.1 Å². The Bertz CT molecular complexity index is 795. The Balaban J connectivity index is 1.51. The van der Waals surface area contributed by atoms with Gasteiger partial charge < -0.3 is 4.74 Å². The summed E-state index contributed by atoms with van der Waals surface area (Å²) in [5.41, 5.74) is 3.09. The van der Waals surface area contributed by atoms with E-state index in [0.717, 1.165) is 41.6 Å². The zero-order valence-electron chi connectivity index (χ0n) is 14.5. The largest absolute Gasteiger partial charge is 0.493 e. The minimum Gasteiger partial charge on any atom is -0.493 e. The van der Waals surface area contributed by atoms with E-state index in [2.05, 4.69) is 23.3 Å². The molecule has 0 unspecified atom stereocenters. The molecule has 1 aliphatic rings. The molecule has 1 N–H and O–H groups in total. The first kappa shape index (κ1) is 18.5. The van der Waals surface area contributed by atoms with Gasteiger partial charge in [-0.05, 0) is 42.2 Å². The van der Waals surface area contributed by atoms with E-state index in [1.165, 1.54) is 5.56 Å². The van der Waals surface area contributed by atoms with Gasteiger partial charge in [0.25, 0.3) is 5.24 Å². The quantitative estimate of drug-likeness (QED) is 0.763. The van der Waals surface area contributed by atoms with Crippen molar-refractivity contribution in [3.8, 4) is 5.75 Å². The van der Waals surface area contributed by atoms with Gasteiger partial charge in [-0.2, -0.15) is 0 Å². The maximum absolute atomic E-state index is 11.8. The molecule has 1 fully saturated rings. The number of pyridine rings is 1. The Morgan fingerprint density at radius 3 is 2.46 bits per heavy atom. The minimum absolute atomic E-state index is 0.281. The van der Waals surface area contributed by atoms with Crippen LogP contribution in [0.2, 0.25) is 0 Å². The van der Waals surface area contributed by atoms with Crippen LogP contribution in [0.15, 0.2) is 42.6 Å². The molecular weight excluding hydrogens is 347 g/mol. The lowest BCUT2D eigenvalue weighted by Crippen LogP contribution is -2.38. The number of aromatic nitrogens is 1. The standard InChI is InChI=1S/C19H19BN2O3S/c1-2-13-3-6-15(21-12-13)9-10-25-16-7-4-14(5-8-16)11-19(20)17(23)22-18(24)26-19/h3-8,12H,2,9-11H2,1H3,(H,22,23,24)/t19-/m0/s1. The molecule has 1 aromatic heterocycles. The predicted molar refractivity (Wildman–Crippen MR) is 103 cm³/mol. The molecule has 0 aliphatic carbocycles. The molecule has 2 aromatic rings. The van der Waals surface area contributed by atoms with Crippen molar-refractivity contribution < 1.29 is 14.3 Å². The molecule has 7 heteroatoms. The number of hydrogen-bond donors (Lipinski definition) is 1. The number of thioether (sulfide) groups is 1. The van der Waals surface area contributed by atoms with Gasteiger partial charge in [0.1, 0.15) is 13.6 Å². The van der Waals surface area contributed by atoms with Crippen LogP contribution in [-0.4, -0.2) is 35.2 Å². The topological polar surface area (TPSA) is 68.3 Å². The normalized spacial score (nSPS) is 19.4. The zero-order valence-corrected chi connectivity index (χ0v) is 15.3. The van der Waals surface area contributed by atoms with E-state index in [1.54, 1.807) is 0 Å². The molecule has 5 nitrogen and oxygen atoms in total. The number of amides is 2. The number of carbonyl (C=O) groups excluding carboxylic acids is 2. The van der Waals surface area contributed by atoms with Crippen LogP contribution in [0, 0.1) is 0 Å². The molecule has 1 aromatic carbocycles. The molecule has 3 rings (SSSR count). The molecule has 0 spiro atoms. The lowest BCUT2D eigenvalue weighted by atomic mass is 9.80. The summed E-state index contributed by atoms with van der Waals surface area (Å²) in [6, 6.07) is 11.5. The Morgan fingerprint density at radius 2 is 1.88 bits per heavy atom. The van der Waals surface area contributed by atoms with E-state index in [4.69, 9.17) is 12.6 Å². The van der Waals surface area contributed by atoms with Crippen molar-refractivity contribution in [3.05, 3.63) is 59.4 Å². The fraction of sp³-hybridized carbons (Fsp3) is 0.316. The molecule has 1 aliphatic heterocycles. The van der Waals surface area contributed by atoms with E-state index < -0.39 is 15.8 Å². The Kier molecular flexibility index (Phi) is 5.66. The van der Waals surface area contributed by atoms with Gasteiger partial charge in [-0.3, -0.25) is 19.9 Å². The second kappa shape index (κ2) is 7.95. The van der Waals surface area contributed by atoms with Gasteiger partial charge >= 0.3 is 0 Å².